The molecule has 1 amide bonds. The molecule has 2 N–H and O–H groups in total. The summed E-state index contributed by atoms with van der Waals surface area (Å²) >= 11 is 1.27. The molecule has 1 aliphatic rings. The van der Waals surface area contributed by atoms with Gasteiger partial charge < -0.3 is 20.1 Å². The Balaban J connectivity index is 1.80. The minimum atomic E-state index is -0.560. The summed E-state index contributed by atoms with van der Waals surface area (Å²) in [4.78, 5) is 29.7. The van der Waals surface area contributed by atoms with E-state index >= 15 is 0 Å². The van der Waals surface area contributed by atoms with E-state index in [0.717, 1.165) is 11.3 Å². The number of para-hydroxylation sites is 1. The molecule has 8 heteroatoms. The second-order valence-corrected chi connectivity index (χ2v) is 7.66. The Morgan fingerprint density at radius 3 is 2.65 bits per heavy atom. The van der Waals surface area contributed by atoms with Crippen molar-refractivity contribution in [1.29, 1.82) is 0 Å². The number of anilines is 1. The number of ether oxygens (including phenoxy) is 2. The fourth-order valence-corrected chi connectivity index (χ4v) is 3.84. The predicted octanol–water partition coefficient (Wildman–Crippen LogP) is 3.90. The maximum atomic E-state index is 12.6. The van der Waals surface area contributed by atoms with E-state index in [1.807, 2.05) is 54.6 Å². The van der Waals surface area contributed by atoms with Gasteiger partial charge in [0.05, 0.1) is 25.0 Å². The Bertz CT molecular complexity index is 1000. The van der Waals surface area contributed by atoms with E-state index in [9.17, 15) is 9.59 Å². The molecule has 2 aromatic rings. The van der Waals surface area contributed by atoms with Crippen LogP contribution in [0.15, 0.2) is 70.9 Å². The highest BCUT2D eigenvalue weighted by molar-refractivity contribution is 8.14. The van der Waals surface area contributed by atoms with Crippen LogP contribution in [0.2, 0.25) is 0 Å². The molecule has 162 valence electrons. The normalized spacial score (nSPS) is 15.6. The zero-order chi connectivity index (χ0) is 22.2. The topological polar surface area (TPSA) is 89.0 Å². The monoisotopic (exact) mass is 439 g/mol. The van der Waals surface area contributed by atoms with Crippen LogP contribution in [0.5, 0.6) is 5.75 Å². The first-order valence-corrected chi connectivity index (χ1v) is 10.8. The molecular weight excluding hydrogens is 414 g/mol. The van der Waals surface area contributed by atoms with Crippen molar-refractivity contribution in [3.8, 4) is 5.75 Å². The third-order valence-corrected chi connectivity index (χ3v) is 5.41. The second kappa shape index (κ2) is 10.7. The first-order chi connectivity index (χ1) is 15.0. The van der Waals surface area contributed by atoms with Crippen LogP contribution in [0.4, 0.5) is 5.69 Å². The number of hydrogen-bond acceptors (Lipinski definition) is 7. The molecule has 1 atom stereocenters. The summed E-state index contributed by atoms with van der Waals surface area (Å²) in [5.41, 5.74) is 2.62. The molecule has 0 unspecified atom stereocenters. The van der Waals surface area contributed by atoms with Gasteiger partial charge in [-0.05, 0) is 43.7 Å². The van der Waals surface area contributed by atoms with Gasteiger partial charge in [-0.25, -0.2) is 9.79 Å². The molecule has 7 nitrogen and oxygen atoms in total. The van der Waals surface area contributed by atoms with Gasteiger partial charge in [0.1, 0.15) is 11.8 Å². The molecule has 0 saturated heterocycles. The van der Waals surface area contributed by atoms with Gasteiger partial charge in [0.25, 0.3) is 0 Å². The average molecular weight is 440 g/mol. The van der Waals surface area contributed by atoms with E-state index in [2.05, 4.69) is 10.6 Å². The van der Waals surface area contributed by atoms with Gasteiger partial charge in [0.2, 0.25) is 5.91 Å². The number of thioether (sulfide) groups is 1. The largest absolute Gasteiger partial charge is 0.497 e. The van der Waals surface area contributed by atoms with Gasteiger partial charge in [-0.2, -0.15) is 0 Å². The third-order valence-electron chi connectivity index (χ3n) is 4.52. The maximum absolute atomic E-state index is 12.6. The van der Waals surface area contributed by atoms with Crippen molar-refractivity contribution in [1.82, 2.24) is 5.32 Å². The quantitative estimate of drug-likeness (QED) is 0.636. The molecule has 0 spiro atoms. The fourth-order valence-electron chi connectivity index (χ4n) is 3.10. The Labute approximate surface area is 185 Å². The van der Waals surface area contributed by atoms with Crippen LogP contribution in [-0.4, -0.2) is 36.5 Å². The lowest BCUT2D eigenvalue weighted by Gasteiger charge is -2.26. The van der Waals surface area contributed by atoms with Gasteiger partial charge in [-0.3, -0.25) is 4.79 Å². The van der Waals surface area contributed by atoms with Crippen molar-refractivity contribution in [2.75, 3.05) is 24.8 Å². The van der Waals surface area contributed by atoms with E-state index in [4.69, 9.17) is 14.5 Å². The van der Waals surface area contributed by atoms with Gasteiger partial charge >= 0.3 is 5.97 Å². The van der Waals surface area contributed by atoms with Crippen molar-refractivity contribution >= 4 is 34.5 Å². The van der Waals surface area contributed by atoms with E-state index in [1.54, 1.807) is 21.0 Å². The molecule has 0 aliphatic carbocycles. The number of amidine groups is 1. The van der Waals surface area contributed by atoms with Gasteiger partial charge in [-0.15, -0.1) is 0 Å². The summed E-state index contributed by atoms with van der Waals surface area (Å²) in [7, 11) is 1.59. The van der Waals surface area contributed by atoms with E-state index < -0.39 is 12.0 Å². The highest BCUT2D eigenvalue weighted by atomic mass is 32.2. The lowest BCUT2D eigenvalue weighted by Crippen LogP contribution is -2.31. The lowest BCUT2D eigenvalue weighted by molar-refractivity contribution is -0.139. The molecular formula is C23H25N3O4S. The number of esters is 1. The number of hydrogen-bond donors (Lipinski definition) is 2. The number of carbonyl (C=O) groups excluding carboxylic acids is 2. The van der Waals surface area contributed by atoms with Crippen molar-refractivity contribution in [3.05, 3.63) is 71.4 Å². The zero-order valence-electron chi connectivity index (χ0n) is 17.7. The molecule has 0 fully saturated rings. The molecule has 2 aromatic carbocycles. The van der Waals surface area contributed by atoms with Gasteiger partial charge in [0, 0.05) is 11.4 Å². The van der Waals surface area contributed by atoms with E-state index in [1.165, 1.54) is 11.8 Å². The standard InChI is InChI=1S/C23H25N3O4S/c1-4-30-22(28)20-15(2)24-23(26-21(20)16-9-8-12-18(13-16)29-3)31-14-19(27)25-17-10-6-5-7-11-17/h5-13,21H,4,14H2,1-3H3,(H,24,26)(H,25,27)/t21-/m1/s1. The number of nitrogens with one attached hydrogen (secondary N) is 2. The number of allylic oxidation sites excluding steroid dienone is 1. The molecule has 3 rings (SSSR count). The summed E-state index contributed by atoms with van der Waals surface area (Å²) in [5, 5.41) is 6.54. The molecule has 0 aromatic heterocycles. The number of aliphatic imine (C=N–C) groups is 1. The molecule has 0 bridgehead atoms. The number of rotatable bonds is 7. The number of methoxy groups -OCH3 is 1. The van der Waals surface area contributed by atoms with Crippen LogP contribution in [0, 0.1) is 0 Å². The first-order valence-electron chi connectivity index (χ1n) is 9.86. The maximum Gasteiger partial charge on any atom is 0.338 e. The van der Waals surface area contributed by atoms with Crippen LogP contribution in [0.3, 0.4) is 0 Å². The highest BCUT2D eigenvalue weighted by Gasteiger charge is 2.30. The molecule has 1 heterocycles. The van der Waals surface area contributed by atoms with Gasteiger partial charge in [-0.1, -0.05) is 42.1 Å². The first kappa shape index (κ1) is 22.4. The Morgan fingerprint density at radius 2 is 1.94 bits per heavy atom. The van der Waals surface area contributed by atoms with Crippen LogP contribution in [0.25, 0.3) is 0 Å². The Morgan fingerprint density at radius 1 is 1.16 bits per heavy atom. The number of benzene rings is 2. The SMILES string of the molecule is CCOC(=O)C1=C(C)NC(SCC(=O)Nc2ccccc2)=N[C@@H]1c1cccc(OC)c1. The number of nitrogens with zero attached hydrogens (tertiary/aromatic N) is 1. The average Bonchev–Trinajstić information content (AvgIpc) is 2.78. The summed E-state index contributed by atoms with van der Waals surface area (Å²) in [6.07, 6.45) is 0. The summed E-state index contributed by atoms with van der Waals surface area (Å²) in [6, 6.07) is 16.1. The van der Waals surface area contributed by atoms with Crippen LogP contribution in [-0.2, 0) is 14.3 Å². The molecule has 1 aliphatic heterocycles. The molecule has 31 heavy (non-hydrogen) atoms. The lowest BCUT2D eigenvalue weighted by atomic mass is 9.96. The van der Waals surface area contributed by atoms with Crippen molar-refractivity contribution < 1.29 is 19.1 Å². The minimum absolute atomic E-state index is 0.142. The molecule has 0 radical (unpaired) electrons. The third kappa shape index (κ3) is 5.88. The van der Waals surface area contributed by atoms with E-state index in [0.29, 0.717) is 22.2 Å². The highest BCUT2D eigenvalue weighted by Crippen LogP contribution is 2.34. The van der Waals surface area contributed by atoms with Crippen LogP contribution < -0.4 is 15.4 Å². The van der Waals surface area contributed by atoms with Crippen LogP contribution >= 0.6 is 11.8 Å². The summed E-state index contributed by atoms with van der Waals surface area (Å²) in [6.45, 7) is 3.84. The zero-order valence-corrected chi connectivity index (χ0v) is 18.5. The van der Waals surface area contributed by atoms with Crippen molar-refractivity contribution in [3.63, 3.8) is 0 Å². The number of carbonyl (C=O) groups is 2. The van der Waals surface area contributed by atoms with Gasteiger partial charge in [0.15, 0.2) is 5.17 Å². The molecule has 0 saturated carbocycles. The predicted molar refractivity (Wildman–Crippen MR) is 123 cm³/mol. The Hall–Kier alpha value is -3.26. The number of amides is 1. The summed E-state index contributed by atoms with van der Waals surface area (Å²) < 4.78 is 10.6. The minimum Gasteiger partial charge on any atom is -0.497 e. The van der Waals surface area contributed by atoms with Crippen molar-refractivity contribution in [2.24, 2.45) is 4.99 Å². The summed E-state index contributed by atoms with van der Waals surface area (Å²) in [5.74, 6) is 0.281. The Kier molecular flexibility index (Phi) is 7.72. The van der Waals surface area contributed by atoms with Crippen LogP contribution in [0.1, 0.15) is 25.5 Å². The van der Waals surface area contributed by atoms with E-state index in [-0.39, 0.29) is 18.3 Å². The smallest absolute Gasteiger partial charge is 0.338 e. The second-order valence-electron chi connectivity index (χ2n) is 6.70. The fraction of sp³-hybridized carbons (Fsp3) is 0.261. The van der Waals surface area contributed by atoms with Crippen molar-refractivity contribution in [2.45, 2.75) is 19.9 Å².